The van der Waals surface area contributed by atoms with Crippen LogP contribution in [0.15, 0.2) is 51.6 Å². The topological polar surface area (TPSA) is 83.6 Å². The van der Waals surface area contributed by atoms with Crippen LogP contribution in [-0.2, 0) is 20.0 Å². The Morgan fingerprint density at radius 2 is 1.78 bits per heavy atom. The van der Waals surface area contributed by atoms with Crippen molar-refractivity contribution >= 4 is 31.4 Å². The number of thiophene rings is 1. The summed E-state index contributed by atoms with van der Waals surface area (Å²) in [6.45, 7) is 4.83. The third kappa shape index (κ3) is 4.60. The molecule has 3 rings (SSSR count). The fraction of sp³-hybridized carbons (Fsp3) is 0.444. The van der Waals surface area contributed by atoms with Gasteiger partial charge in [0.15, 0.2) is 0 Å². The smallest absolute Gasteiger partial charge is 0.207 e. The Balaban J connectivity index is 1.78. The fourth-order valence-electron chi connectivity index (χ4n) is 3.20. The van der Waals surface area contributed by atoms with Crippen molar-refractivity contribution in [2.45, 2.75) is 42.5 Å². The van der Waals surface area contributed by atoms with Crippen molar-refractivity contribution in [3.63, 3.8) is 0 Å². The minimum Gasteiger partial charge on any atom is -0.207 e. The summed E-state index contributed by atoms with van der Waals surface area (Å²) in [5.41, 5.74) is 0. The van der Waals surface area contributed by atoms with Crippen LogP contribution >= 0.6 is 11.3 Å². The van der Waals surface area contributed by atoms with Crippen molar-refractivity contribution in [1.82, 2.24) is 9.03 Å². The molecule has 1 aliphatic heterocycles. The van der Waals surface area contributed by atoms with Crippen LogP contribution in [0.1, 0.15) is 37.6 Å². The van der Waals surface area contributed by atoms with Crippen LogP contribution in [0.4, 0.5) is 0 Å². The van der Waals surface area contributed by atoms with E-state index in [1.54, 1.807) is 6.92 Å². The maximum Gasteiger partial charge on any atom is 0.243 e. The molecule has 2 aromatic rings. The zero-order valence-corrected chi connectivity index (χ0v) is 17.8. The first-order valence-corrected chi connectivity index (χ1v) is 12.7. The molecule has 6 nitrogen and oxygen atoms in total. The second-order valence-electron chi connectivity index (χ2n) is 6.94. The average molecular weight is 429 g/mol. The lowest BCUT2D eigenvalue weighted by Crippen LogP contribution is -2.39. The highest BCUT2D eigenvalue weighted by Gasteiger charge is 2.29. The van der Waals surface area contributed by atoms with E-state index in [9.17, 15) is 16.8 Å². The van der Waals surface area contributed by atoms with Crippen molar-refractivity contribution in [1.29, 1.82) is 0 Å². The van der Waals surface area contributed by atoms with Gasteiger partial charge in [-0.15, -0.1) is 11.3 Å². The van der Waals surface area contributed by atoms with E-state index in [2.05, 4.69) is 4.72 Å². The molecule has 1 aromatic carbocycles. The number of benzene rings is 1. The number of rotatable bonds is 6. The molecule has 0 saturated carbocycles. The van der Waals surface area contributed by atoms with E-state index in [1.807, 2.05) is 24.4 Å². The Hall–Kier alpha value is -1.26. The first kappa shape index (κ1) is 20.5. The lowest BCUT2D eigenvalue weighted by Gasteiger charge is -2.30. The molecular weight excluding hydrogens is 404 g/mol. The molecule has 0 amide bonds. The summed E-state index contributed by atoms with van der Waals surface area (Å²) in [6.07, 6.45) is 1.87. The Bertz CT molecular complexity index is 968. The van der Waals surface area contributed by atoms with Crippen molar-refractivity contribution in [3.8, 4) is 0 Å². The number of piperidine rings is 1. The highest BCUT2D eigenvalue weighted by Crippen LogP contribution is 2.25. The van der Waals surface area contributed by atoms with Gasteiger partial charge >= 0.3 is 0 Å². The van der Waals surface area contributed by atoms with E-state index in [1.165, 1.54) is 39.9 Å². The van der Waals surface area contributed by atoms with Crippen molar-refractivity contribution in [3.05, 3.63) is 46.7 Å². The van der Waals surface area contributed by atoms with Crippen LogP contribution in [0.5, 0.6) is 0 Å². The van der Waals surface area contributed by atoms with E-state index in [4.69, 9.17) is 0 Å². The third-order valence-electron chi connectivity index (χ3n) is 4.69. The fourth-order valence-corrected chi connectivity index (χ4v) is 6.83. The predicted molar refractivity (Wildman–Crippen MR) is 107 cm³/mol. The van der Waals surface area contributed by atoms with E-state index < -0.39 is 20.0 Å². The zero-order valence-electron chi connectivity index (χ0n) is 15.3. The van der Waals surface area contributed by atoms with E-state index in [-0.39, 0.29) is 15.8 Å². The SMILES string of the molecule is C[C@H]1CCCN(S(=O)(=O)c2ccc(S(=O)(=O)N[C@H](C)c3cccs3)cc2)C1. The number of nitrogens with zero attached hydrogens (tertiary/aromatic N) is 1. The molecule has 1 N–H and O–H groups in total. The summed E-state index contributed by atoms with van der Waals surface area (Å²) in [4.78, 5) is 1.09. The van der Waals surface area contributed by atoms with Gasteiger partial charge < -0.3 is 0 Å². The Labute approximate surface area is 165 Å². The van der Waals surface area contributed by atoms with Crippen LogP contribution < -0.4 is 4.72 Å². The summed E-state index contributed by atoms with van der Waals surface area (Å²) in [5, 5.41) is 1.89. The van der Waals surface area contributed by atoms with Gasteiger partial charge in [-0.3, -0.25) is 0 Å². The molecule has 1 aromatic heterocycles. The Morgan fingerprint density at radius 1 is 1.11 bits per heavy atom. The monoisotopic (exact) mass is 428 g/mol. The summed E-state index contributed by atoms with van der Waals surface area (Å²) in [5.74, 6) is 0.330. The first-order chi connectivity index (χ1) is 12.7. The number of hydrogen-bond donors (Lipinski definition) is 1. The Kier molecular flexibility index (Phi) is 6.07. The van der Waals surface area contributed by atoms with Crippen LogP contribution in [-0.4, -0.2) is 34.2 Å². The molecule has 0 radical (unpaired) electrons. The quantitative estimate of drug-likeness (QED) is 0.766. The molecule has 1 aliphatic rings. The predicted octanol–water partition coefficient (Wildman–Crippen LogP) is 3.21. The van der Waals surface area contributed by atoms with Crippen molar-refractivity contribution in [2.24, 2.45) is 5.92 Å². The molecule has 9 heteroatoms. The molecule has 27 heavy (non-hydrogen) atoms. The molecule has 2 heterocycles. The first-order valence-electron chi connectivity index (χ1n) is 8.86. The molecule has 1 fully saturated rings. The number of sulfonamides is 2. The van der Waals surface area contributed by atoms with Gasteiger partial charge in [-0.1, -0.05) is 13.0 Å². The summed E-state index contributed by atoms with van der Waals surface area (Å²) < 4.78 is 54.8. The maximum absolute atomic E-state index is 12.8. The number of nitrogens with one attached hydrogen (secondary N) is 1. The maximum atomic E-state index is 12.8. The lowest BCUT2D eigenvalue weighted by molar-refractivity contribution is 0.281. The van der Waals surface area contributed by atoms with Crippen LogP contribution in [0.25, 0.3) is 0 Å². The Morgan fingerprint density at radius 3 is 2.37 bits per heavy atom. The molecule has 148 valence electrons. The van der Waals surface area contributed by atoms with Crippen LogP contribution in [0, 0.1) is 5.92 Å². The van der Waals surface area contributed by atoms with Gasteiger partial charge in [0.25, 0.3) is 0 Å². The van der Waals surface area contributed by atoms with Crippen LogP contribution in [0.3, 0.4) is 0 Å². The minimum atomic E-state index is -3.73. The van der Waals surface area contributed by atoms with Gasteiger partial charge in [0, 0.05) is 18.0 Å². The highest BCUT2D eigenvalue weighted by molar-refractivity contribution is 7.89. The molecule has 1 saturated heterocycles. The normalized spacial score (nSPS) is 20.4. The van der Waals surface area contributed by atoms with E-state index in [0.717, 1.165) is 17.7 Å². The highest BCUT2D eigenvalue weighted by atomic mass is 32.2. The van der Waals surface area contributed by atoms with Gasteiger partial charge in [-0.25, -0.2) is 21.6 Å². The van der Waals surface area contributed by atoms with E-state index in [0.29, 0.717) is 19.0 Å². The second kappa shape index (κ2) is 8.00. The van der Waals surface area contributed by atoms with Gasteiger partial charge in [-0.05, 0) is 61.4 Å². The minimum absolute atomic E-state index is 0.0527. The number of hydrogen-bond acceptors (Lipinski definition) is 5. The average Bonchev–Trinajstić information content (AvgIpc) is 3.16. The van der Waals surface area contributed by atoms with Gasteiger partial charge in [0.1, 0.15) is 0 Å². The summed E-state index contributed by atoms with van der Waals surface area (Å²) in [6, 6.07) is 8.83. The molecule has 0 unspecified atom stereocenters. The van der Waals surface area contributed by atoms with Crippen molar-refractivity contribution < 1.29 is 16.8 Å². The van der Waals surface area contributed by atoms with Crippen molar-refractivity contribution in [2.75, 3.05) is 13.1 Å². The second-order valence-corrected chi connectivity index (χ2v) is 11.6. The van der Waals surface area contributed by atoms with Crippen LogP contribution in [0.2, 0.25) is 0 Å². The molecular formula is C18H24N2O4S3. The van der Waals surface area contributed by atoms with E-state index >= 15 is 0 Å². The summed E-state index contributed by atoms with van der Waals surface area (Å²) >= 11 is 1.48. The molecule has 0 spiro atoms. The molecule has 2 atom stereocenters. The zero-order chi connectivity index (χ0) is 19.7. The third-order valence-corrected chi connectivity index (χ3v) is 9.18. The van der Waals surface area contributed by atoms with Gasteiger partial charge in [0.05, 0.1) is 15.8 Å². The largest absolute Gasteiger partial charge is 0.243 e. The summed E-state index contributed by atoms with van der Waals surface area (Å²) in [7, 11) is -7.33. The molecule has 0 aliphatic carbocycles. The standard InChI is InChI=1S/C18H24N2O4S3/c1-14-5-3-11-20(13-14)27(23,24)17-9-7-16(8-10-17)26(21,22)19-15(2)18-6-4-12-25-18/h4,6-10,12,14-15,19H,3,5,11,13H2,1-2H3/t14-,15+/m0/s1. The lowest BCUT2D eigenvalue weighted by atomic mass is 10.0. The van der Waals surface area contributed by atoms with Gasteiger partial charge in [0.2, 0.25) is 20.0 Å². The van der Waals surface area contributed by atoms with Gasteiger partial charge in [-0.2, -0.15) is 4.31 Å². The molecule has 0 bridgehead atoms.